The molecule has 3 aromatic carbocycles. The number of rotatable bonds is 7. The van der Waals surface area contributed by atoms with Crippen LogP contribution in [0.4, 0.5) is 15.2 Å². The van der Waals surface area contributed by atoms with Crippen LogP contribution in [0.5, 0.6) is 0 Å². The van der Waals surface area contributed by atoms with Gasteiger partial charge in [0.15, 0.2) is 5.13 Å². The van der Waals surface area contributed by atoms with Gasteiger partial charge in [-0.15, -0.1) is 0 Å². The largest absolute Gasteiger partial charge is 0.340 e. The maximum absolute atomic E-state index is 13.2. The smallest absolute Gasteiger partial charge is 0.255 e. The topological polar surface area (TPSA) is 48.5 Å². The van der Waals surface area contributed by atoms with E-state index in [0.29, 0.717) is 17.6 Å². The average molecular weight is 515 g/mol. The lowest BCUT2D eigenvalue weighted by atomic mass is 10.0. The Morgan fingerprint density at radius 3 is 2.49 bits per heavy atom. The molecule has 0 aliphatic carbocycles. The number of allylic oxidation sites excluding steroid dienone is 1. The Balaban J connectivity index is 1.31. The molecule has 0 radical (unpaired) electrons. The van der Waals surface area contributed by atoms with E-state index < -0.39 is 0 Å². The number of carbonyl (C=O) groups excluding carboxylic acids is 1. The van der Waals surface area contributed by atoms with Crippen LogP contribution >= 0.6 is 11.3 Å². The third-order valence-corrected chi connectivity index (χ3v) is 7.91. The number of thiazole rings is 1. The molecule has 0 bridgehead atoms. The van der Waals surface area contributed by atoms with E-state index in [1.165, 1.54) is 12.1 Å². The second-order valence-corrected chi connectivity index (χ2v) is 10.6. The number of likely N-dealkylation sites (N-methyl/N-ethyl adjacent to an activating group) is 1. The van der Waals surface area contributed by atoms with Crippen molar-refractivity contribution in [2.24, 2.45) is 0 Å². The highest BCUT2D eigenvalue weighted by Crippen LogP contribution is 2.36. The zero-order valence-corrected chi connectivity index (χ0v) is 22.1. The Morgan fingerprint density at radius 1 is 1.11 bits per heavy atom. The third kappa shape index (κ3) is 5.58. The molecule has 5 rings (SSSR count). The number of nitrogens with one attached hydrogen (secondary N) is 1. The minimum Gasteiger partial charge on any atom is -0.340 e. The first-order valence-corrected chi connectivity index (χ1v) is 13.4. The molecule has 2 atom stereocenters. The van der Waals surface area contributed by atoms with Crippen molar-refractivity contribution in [2.45, 2.75) is 31.8 Å². The van der Waals surface area contributed by atoms with E-state index in [1.54, 1.807) is 35.6 Å². The molecule has 1 amide bonds. The maximum atomic E-state index is 13.2. The number of fused-ring (bicyclic) bond motifs is 1. The second kappa shape index (κ2) is 10.8. The predicted molar refractivity (Wildman–Crippen MR) is 152 cm³/mol. The predicted octanol–water partition coefficient (Wildman–Crippen LogP) is 6.83. The minimum atomic E-state index is -0.267. The van der Waals surface area contributed by atoms with Gasteiger partial charge in [0.2, 0.25) is 0 Å². The van der Waals surface area contributed by atoms with Gasteiger partial charge in [-0.3, -0.25) is 4.79 Å². The molecule has 5 nitrogen and oxygen atoms in total. The van der Waals surface area contributed by atoms with Gasteiger partial charge >= 0.3 is 0 Å². The van der Waals surface area contributed by atoms with Gasteiger partial charge < -0.3 is 15.1 Å². The van der Waals surface area contributed by atoms with Gasteiger partial charge in [-0.1, -0.05) is 54.7 Å². The summed E-state index contributed by atoms with van der Waals surface area (Å²) in [4.78, 5) is 22.5. The van der Waals surface area contributed by atoms with E-state index in [9.17, 15) is 9.18 Å². The summed E-state index contributed by atoms with van der Waals surface area (Å²) < 4.78 is 14.2. The summed E-state index contributed by atoms with van der Waals surface area (Å²) in [6.45, 7) is 3.11. The van der Waals surface area contributed by atoms with Crippen LogP contribution < -0.4 is 10.2 Å². The SMILES string of the molecule is CC/C=C\C1CC(N(C)C)CN1c1nc2ccc(NC(=O)c3ccc(-c4ccc(F)cc4)cc3)cc2s1. The van der Waals surface area contributed by atoms with Gasteiger partial charge in [-0.05, 0) is 80.5 Å². The summed E-state index contributed by atoms with van der Waals surface area (Å²) in [5.41, 5.74) is 4.08. The van der Waals surface area contributed by atoms with Crippen molar-refractivity contribution >= 4 is 38.3 Å². The molecule has 0 spiro atoms. The van der Waals surface area contributed by atoms with Gasteiger partial charge in [0, 0.05) is 23.8 Å². The first kappa shape index (κ1) is 25.1. The van der Waals surface area contributed by atoms with Crippen molar-refractivity contribution in [1.29, 1.82) is 0 Å². The lowest BCUT2D eigenvalue weighted by Gasteiger charge is -2.21. The Morgan fingerprint density at radius 2 is 1.81 bits per heavy atom. The summed E-state index contributed by atoms with van der Waals surface area (Å²) in [6.07, 6.45) is 6.65. The molecule has 7 heteroatoms. The van der Waals surface area contributed by atoms with Gasteiger partial charge in [-0.2, -0.15) is 0 Å². The molecule has 4 aromatic rings. The van der Waals surface area contributed by atoms with Crippen LogP contribution in [0, 0.1) is 5.82 Å². The summed E-state index contributed by atoms with van der Waals surface area (Å²) in [6, 6.07) is 20.4. The molecule has 1 aromatic heterocycles. The Bertz CT molecular complexity index is 1410. The standard InChI is InChI=1S/C30H31FN4OS/c1-4-5-6-25-18-26(34(2)3)19-35(25)30-33-27-16-15-24(17-28(27)37-30)32-29(36)22-9-7-20(8-10-22)21-11-13-23(31)14-12-21/h5-17,25-26H,4,18-19H2,1-3H3,(H,32,36)/b6-5-. The number of anilines is 2. The zero-order chi connectivity index (χ0) is 25.9. The molecule has 1 saturated heterocycles. The van der Waals surface area contributed by atoms with Crippen molar-refractivity contribution in [3.05, 3.63) is 90.3 Å². The van der Waals surface area contributed by atoms with Crippen LogP contribution in [0.3, 0.4) is 0 Å². The van der Waals surface area contributed by atoms with Crippen molar-refractivity contribution in [2.75, 3.05) is 30.9 Å². The van der Waals surface area contributed by atoms with Crippen LogP contribution in [-0.2, 0) is 0 Å². The van der Waals surface area contributed by atoms with E-state index in [-0.39, 0.29) is 11.7 Å². The molecule has 0 saturated carbocycles. The van der Waals surface area contributed by atoms with E-state index in [0.717, 1.165) is 51.5 Å². The van der Waals surface area contributed by atoms with E-state index in [2.05, 4.69) is 48.3 Å². The number of aromatic nitrogens is 1. The summed E-state index contributed by atoms with van der Waals surface area (Å²) in [5.74, 6) is -0.441. The molecule has 190 valence electrons. The number of hydrogen-bond acceptors (Lipinski definition) is 5. The summed E-state index contributed by atoms with van der Waals surface area (Å²) >= 11 is 1.67. The van der Waals surface area contributed by atoms with Crippen LogP contribution in [0.15, 0.2) is 78.9 Å². The highest BCUT2D eigenvalue weighted by atomic mass is 32.1. The van der Waals surface area contributed by atoms with Crippen LogP contribution in [-0.4, -0.2) is 48.5 Å². The van der Waals surface area contributed by atoms with E-state index in [1.807, 2.05) is 30.3 Å². The fourth-order valence-electron chi connectivity index (χ4n) is 4.69. The number of nitrogens with zero attached hydrogens (tertiary/aromatic N) is 3. The maximum Gasteiger partial charge on any atom is 0.255 e. The van der Waals surface area contributed by atoms with Crippen LogP contribution in [0.25, 0.3) is 21.3 Å². The van der Waals surface area contributed by atoms with Gasteiger partial charge in [0.05, 0.1) is 16.3 Å². The lowest BCUT2D eigenvalue weighted by molar-refractivity contribution is 0.102. The fraction of sp³-hybridized carbons (Fsp3) is 0.267. The van der Waals surface area contributed by atoms with E-state index in [4.69, 9.17) is 4.98 Å². The number of amides is 1. The number of hydrogen-bond donors (Lipinski definition) is 1. The minimum absolute atomic E-state index is 0.173. The van der Waals surface area contributed by atoms with Crippen molar-refractivity contribution in [3.8, 4) is 11.1 Å². The first-order chi connectivity index (χ1) is 17.9. The molecule has 1 fully saturated rings. The quantitative estimate of drug-likeness (QED) is 0.275. The van der Waals surface area contributed by atoms with E-state index >= 15 is 0 Å². The average Bonchev–Trinajstić information content (AvgIpc) is 3.52. The first-order valence-electron chi connectivity index (χ1n) is 12.6. The Kier molecular flexibility index (Phi) is 7.35. The molecular weight excluding hydrogens is 483 g/mol. The highest BCUT2D eigenvalue weighted by molar-refractivity contribution is 7.22. The fourth-order valence-corrected chi connectivity index (χ4v) is 5.76. The number of halogens is 1. The lowest BCUT2D eigenvalue weighted by Crippen LogP contribution is -2.32. The number of benzene rings is 3. The molecule has 37 heavy (non-hydrogen) atoms. The Hall–Kier alpha value is -3.55. The second-order valence-electron chi connectivity index (χ2n) is 9.63. The van der Waals surface area contributed by atoms with Gasteiger partial charge in [-0.25, -0.2) is 9.37 Å². The molecule has 2 unspecified atom stereocenters. The van der Waals surface area contributed by atoms with Gasteiger partial charge in [0.25, 0.3) is 5.91 Å². The Labute approximate surface area is 221 Å². The molecule has 1 N–H and O–H groups in total. The highest BCUT2D eigenvalue weighted by Gasteiger charge is 2.33. The van der Waals surface area contributed by atoms with Crippen LogP contribution in [0.2, 0.25) is 0 Å². The normalized spacial score (nSPS) is 17.8. The van der Waals surface area contributed by atoms with Crippen molar-refractivity contribution < 1.29 is 9.18 Å². The third-order valence-electron chi connectivity index (χ3n) is 6.85. The van der Waals surface area contributed by atoms with Crippen molar-refractivity contribution in [1.82, 2.24) is 9.88 Å². The van der Waals surface area contributed by atoms with Crippen LogP contribution in [0.1, 0.15) is 30.1 Å². The monoisotopic (exact) mass is 514 g/mol. The molecule has 2 heterocycles. The molecule has 1 aliphatic heterocycles. The number of carbonyl (C=O) groups is 1. The van der Waals surface area contributed by atoms with Gasteiger partial charge in [0.1, 0.15) is 5.82 Å². The van der Waals surface area contributed by atoms with Crippen molar-refractivity contribution in [3.63, 3.8) is 0 Å². The summed E-state index contributed by atoms with van der Waals surface area (Å²) in [7, 11) is 4.27. The molecular formula is C30H31FN4OS. The summed E-state index contributed by atoms with van der Waals surface area (Å²) in [5, 5.41) is 4.03. The zero-order valence-electron chi connectivity index (χ0n) is 21.3. The molecule has 1 aliphatic rings.